The van der Waals surface area contributed by atoms with Crippen molar-refractivity contribution in [2.45, 2.75) is 38.7 Å². The summed E-state index contributed by atoms with van der Waals surface area (Å²) in [6.45, 7) is 7.54. The Hall–Kier alpha value is -1.39. The van der Waals surface area contributed by atoms with Gasteiger partial charge in [-0.25, -0.2) is 4.79 Å². The summed E-state index contributed by atoms with van der Waals surface area (Å²) < 4.78 is 5.43. The van der Waals surface area contributed by atoms with E-state index in [9.17, 15) is 4.79 Å². The van der Waals surface area contributed by atoms with Gasteiger partial charge in [-0.3, -0.25) is 0 Å². The van der Waals surface area contributed by atoms with Crippen LogP contribution in [0.15, 0.2) is 35.5 Å². The van der Waals surface area contributed by atoms with Gasteiger partial charge in [-0.15, -0.1) is 0 Å². The van der Waals surface area contributed by atoms with E-state index < -0.39 is 0 Å². The third-order valence-electron chi connectivity index (χ3n) is 4.19. The van der Waals surface area contributed by atoms with Gasteiger partial charge in [0.25, 0.3) is 0 Å². The number of ether oxygens (including phenoxy) is 1. The van der Waals surface area contributed by atoms with E-state index >= 15 is 0 Å². The summed E-state index contributed by atoms with van der Waals surface area (Å²) >= 11 is 0. The first-order chi connectivity index (χ1) is 10.1. The lowest BCUT2D eigenvalue weighted by Gasteiger charge is -2.18. The first-order valence-corrected chi connectivity index (χ1v) is 7.68. The largest absolute Gasteiger partial charge is 0.454 e. The van der Waals surface area contributed by atoms with Crippen LogP contribution in [0.4, 0.5) is 0 Å². The van der Waals surface area contributed by atoms with Gasteiger partial charge in [0, 0.05) is 24.6 Å². The molecule has 0 aromatic heterocycles. The molecular formula is C17H25NO3. The number of aliphatic hydroxyl groups is 1. The SMILES string of the molecule is C=C1C(=O)O[C@@H]2/C=C(\C)CC/C=C(/CNCCO)CC[C@@H]12. The lowest BCUT2D eigenvalue weighted by molar-refractivity contribution is -0.137. The fourth-order valence-electron chi connectivity index (χ4n) is 2.92. The minimum Gasteiger partial charge on any atom is -0.454 e. The maximum absolute atomic E-state index is 11.7. The number of carbonyl (C=O) groups is 1. The van der Waals surface area contributed by atoms with Crippen LogP contribution in [0.3, 0.4) is 0 Å². The van der Waals surface area contributed by atoms with Gasteiger partial charge in [0.15, 0.2) is 0 Å². The molecule has 2 aliphatic rings. The molecule has 21 heavy (non-hydrogen) atoms. The monoisotopic (exact) mass is 291 g/mol. The van der Waals surface area contributed by atoms with E-state index in [1.54, 1.807) is 0 Å². The van der Waals surface area contributed by atoms with Crippen LogP contribution in [0.5, 0.6) is 0 Å². The average molecular weight is 291 g/mol. The summed E-state index contributed by atoms with van der Waals surface area (Å²) in [4.78, 5) is 11.7. The predicted molar refractivity (Wildman–Crippen MR) is 82.8 cm³/mol. The number of fused-ring (bicyclic) bond motifs is 1. The van der Waals surface area contributed by atoms with E-state index in [1.807, 2.05) is 0 Å². The zero-order chi connectivity index (χ0) is 15.2. The Kier molecular flexibility index (Phi) is 5.76. The molecule has 2 rings (SSSR count). The predicted octanol–water partition coefficient (Wildman–Crippen LogP) is 2.11. The Morgan fingerprint density at radius 3 is 3.05 bits per heavy atom. The minimum absolute atomic E-state index is 0.0896. The van der Waals surface area contributed by atoms with Gasteiger partial charge in [0.1, 0.15) is 6.10 Å². The van der Waals surface area contributed by atoms with Gasteiger partial charge in [0.2, 0.25) is 0 Å². The molecule has 1 heterocycles. The number of hydrogen-bond acceptors (Lipinski definition) is 4. The molecule has 0 amide bonds. The molecular weight excluding hydrogens is 266 g/mol. The summed E-state index contributed by atoms with van der Waals surface area (Å²) in [6, 6.07) is 0. The molecule has 4 heteroatoms. The fraction of sp³-hybridized carbons (Fsp3) is 0.588. The van der Waals surface area contributed by atoms with Gasteiger partial charge in [-0.1, -0.05) is 23.8 Å². The summed E-state index contributed by atoms with van der Waals surface area (Å²) in [5.41, 5.74) is 3.20. The first kappa shape index (κ1) is 16.0. The Labute approximate surface area is 126 Å². The van der Waals surface area contributed by atoms with E-state index in [4.69, 9.17) is 9.84 Å². The van der Waals surface area contributed by atoms with Crippen LogP contribution in [-0.4, -0.2) is 36.9 Å². The van der Waals surface area contributed by atoms with Crippen LogP contribution in [0, 0.1) is 5.92 Å². The van der Waals surface area contributed by atoms with Gasteiger partial charge >= 0.3 is 5.97 Å². The molecule has 0 aromatic carbocycles. The van der Waals surface area contributed by atoms with Gasteiger partial charge < -0.3 is 15.2 Å². The summed E-state index contributed by atoms with van der Waals surface area (Å²) in [7, 11) is 0. The summed E-state index contributed by atoms with van der Waals surface area (Å²) in [5.74, 6) is -0.163. The molecule has 2 atom stereocenters. The topological polar surface area (TPSA) is 58.6 Å². The van der Waals surface area contributed by atoms with Crippen molar-refractivity contribution in [1.29, 1.82) is 0 Å². The number of rotatable bonds is 4. The molecule has 0 aromatic rings. The van der Waals surface area contributed by atoms with Crippen molar-refractivity contribution in [3.8, 4) is 0 Å². The quantitative estimate of drug-likeness (QED) is 0.360. The van der Waals surface area contributed by atoms with Crippen LogP contribution in [0.25, 0.3) is 0 Å². The zero-order valence-electron chi connectivity index (χ0n) is 12.7. The van der Waals surface area contributed by atoms with Gasteiger partial charge in [-0.05, 0) is 38.7 Å². The van der Waals surface area contributed by atoms with Crippen molar-refractivity contribution >= 4 is 5.97 Å². The number of esters is 1. The molecule has 0 bridgehead atoms. The van der Waals surface area contributed by atoms with Crippen LogP contribution in [0.1, 0.15) is 32.6 Å². The highest BCUT2D eigenvalue weighted by Gasteiger charge is 2.37. The number of allylic oxidation sites excluding steroid dienone is 2. The second kappa shape index (κ2) is 7.57. The normalized spacial score (nSPS) is 31.7. The van der Waals surface area contributed by atoms with Gasteiger partial charge in [-0.2, -0.15) is 0 Å². The highest BCUT2D eigenvalue weighted by molar-refractivity contribution is 5.91. The van der Waals surface area contributed by atoms with Crippen LogP contribution >= 0.6 is 0 Å². The number of hydrogen-bond donors (Lipinski definition) is 2. The minimum atomic E-state index is -0.253. The third kappa shape index (κ3) is 4.29. The van der Waals surface area contributed by atoms with Crippen molar-refractivity contribution in [3.63, 3.8) is 0 Å². The number of nitrogens with one attached hydrogen (secondary N) is 1. The number of carbonyl (C=O) groups excluding carboxylic acids is 1. The Bertz CT molecular complexity index is 465. The Morgan fingerprint density at radius 1 is 1.48 bits per heavy atom. The molecule has 0 unspecified atom stereocenters. The van der Waals surface area contributed by atoms with Crippen LogP contribution in [-0.2, 0) is 9.53 Å². The van der Waals surface area contributed by atoms with Crippen molar-refractivity contribution in [1.82, 2.24) is 5.32 Å². The standard InChI is InChI=1S/C17H25NO3/c1-12-4-3-5-14(11-18-8-9-19)6-7-15-13(2)17(20)21-16(15)10-12/h5,10,15-16,18-19H,2-4,6-9,11H2,1H3/b12-10+,14-5+/t15-,16+/m0/s1. The van der Waals surface area contributed by atoms with Crippen LogP contribution < -0.4 is 5.32 Å². The zero-order valence-corrected chi connectivity index (χ0v) is 12.7. The van der Waals surface area contributed by atoms with E-state index in [1.165, 1.54) is 11.1 Å². The molecule has 1 aliphatic heterocycles. The molecule has 4 nitrogen and oxygen atoms in total. The smallest absolute Gasteiger partial charge is 0.334 e. The molecule has 1 saturated heterocycles. The van der Waals surface area contributed by atoms with Crippen molar-refractivity contribution < 1.29 is 14.6 Å². The molecule has 0 saturated carbocycles. The summed E-state index contributed by atoms with van der Waals surface area (Å²) in [6.07, 6.45) is 8.02. The maximum atomic E-state index is 11.7. The molecule has 1 fully saturated rings. The lowest BCUT2D eigenvalue weighted by Crippen LogP contribution is -2.22. The third-order valence-corrected chi connectivity index (χ3v) is 4.19. The average Bonchev–Trinajstić information content (AvgIpc) is 2.71. The molecule has 116 valence electrons. The van der Waals surface area contributed by atoms with E-state index in [-0.39, 0.29) is 24.6 Å². The summed E-state index contributed by atoms with van der Waals surface area (Å²) in [5, 5.41) is 12.1. The molecule has 2 N–H and O–H groups in total. The highest BCUT2D eigenvalue weighted by atomic mass is 16.5. The molecule has 0 spiro atoms. The Balaban J connectivity index is 2.07. The van der Waals surface area contributed by atoms with Crippen molar-refractivity contribution in [2.75, 3.05) is 19.7 Å². The van der Waals surface area contributed by atoms with E-state index in [0.29, 0.717) is 12.1 Å². The van der Waals surface area contributed by atoms with E-state index in [2.05, 4.69) is 31.0 Å². The Morgan fingerprint density at radius 2 is 2.29 bits per heavy atom. The second-order valence-electron chi connectivity index (χ2n) is 5.85. The lowest BCUT2D eigenvalue weighted by atomic mass is 9.88. The van der Waals surface area contributed by atoms with Gasteiger partial charge in [0.05, 0.1) is 6.61 Å². The fourth-order valence-corrected chi connectivity index (χ4v) is 2.92. The second-order valence-corrected chi connectivity index (χ2v) is 5.85. The number of aliphatic hydroxyl groups excluding tert-OH is 1. The van der Waals surface area contributed by atoms with Crippen molar-refractivity contribution in [2.24, 2.45) is 5.92 Å². The first-order valence-electron chi connectivity index (χ1n) is 7.68. The molecule has 0 radical (unpaired) electrons. The van der Waals surface area contributed by atoms with E-state index in [0.717, 1.165) is 32.2 Å². The van der Waals surface area contributed by atoms with Crippen LogP contribution in [0.2, 0.25) is 0 Å². The van der Waals surface area contributed by atoms with Crippen molar-refractivity contribution in [3.05, 3.63) is 35.5 Å². The maximum Gasteiger partial charge on any atom is 0.334 e. The highest BCUT2D eigenvalue weighted by Crippen LogP contribution is 2.34. The molecule has 1 aliphatic carbocycles.